The van der Waals surface area contributed by atoms with Gasteiger partial charge in [0, 0.05) is 19.3 Å². The van der Waals surface area contributed by atoms with Crippen molar-refractivity contribution in [2.75, 3.05) is 13.2 Å². The van der Waals surface area contributed by atoms with Crippen molar-refractivity contribution in [1.82, 2.24) is 0 Å². The molecule has 0 amide bonds. The van der Waals surface area contributed by atoms with Crippen LogP contribution in [0, 0.1) is 0 Å². The number of carbonyl (C=O) groups is 3. The first kappa shape index (κ1) is 70.3. The molecule has 0 aromatic carbocycles. The van der Waals surface area contributed by atoms with Gasteiger partial charge >= 0.3 is 17.9 Å². The molecule has 0 radical (unpaired) electrons. The number of esters is 3. The van der Waals surface area contributed by atoms with Crippen molar-refractivity contribution in [3.05, 3.63) is 97.2 Å². The van der Waals surface area contributed by atoms with Crippen LogP contribution in [0.25, 0.3) is 0 Å². The molecule has 6 nitrogen and oxygen atoms in total. The molecule has 0 N–H and O–H groups in total. The molecule has 74 heavy (non-hydrogen) atoms. The number of allylic oxidation sites excluding steroid dienone is 16. The maximum absolute atomic E-state index is 12.9. The third-order valence-corrected chi connectivity index (χ3v) is 13.3. The third kappa shape index (κ3) is 59.2. The summed E-state index contributed by atoms with van der Waals surface area (Å²) in [4.78, 5) is 38.2. The van der Waals surface area contributed by atoms with E-state index in [0.29, 0.717) is 19.3 Å². The predicted molar refractivity (Wildman–Crippen MR) is 320 cm³/mol. The van der Waals surface area contributed by atoms with E-state index in [2.05, 4.69) is 118 Å². The first-order valence-electron chi connectivity index (χ1n) is 31.2. The van der Waals surface area contributed by atoms with E-state index in [1.54, 1.807) is 0 Å². The van der Waals surface area contributed by atoms with E-state index in [4.69, 9.17) is 14.2 Å². The Morgan fingerprint density at radius 3 is 0.865 bits per heavy atom. The predicted octanol–water partition coefficient (Wildman–Crippen LogP) is 21.3. The van der Waals surface area contributed by atoms with Crippen molar-refractivity contribution < 1.29 is 28.6 Å². The summed E-state index contributed by atoms with van der Waals surface area (Å²) in [5.74, 6) is -0.920. The second-order valence-electron chi connectivity index (χ2n) is 20.6. The van der Waals surface area contributed by atoms with Crippen molar-refractivity contribution in [3.63, 3.8) is 0 Å². The van der Waals surface area contributed by atoms with Crippen molar-refractivity contribution in [2.45, 2.75) is 303 Å². The van der Waals surface area contributed by atoms with Gasteiger partial charge in [0.05, 0.1) is 0 Å². The fourth-order valence-corrected chi connectivity index (χ4v) is 8.61. The molecular weight excluding hydrogens is 913 g/mol. The Hall–Kier alpha value is -3.67. The van der Waals surface area contributed by atoms with Crippen LogP contribution in [-0.4, -0.2) is 37.2 Å². The van der Waals surface area contributed by atoms with Crippen LogP contribution in [0.3, 0.4) is 0 Å². The topological polar surface area (TPSA) is 78.9 Å². The summed E-state index contributed by atoms with van der Waals surface area (Å²) in [6.07, 6.45) is 82.7. The summed E-state index contributed by atoms with van der Waals surface area (Å²) in [5.41, 5.74) is 0. The molecule has 0 rings (SSSR count). The summed E-state index contributed by atoms with van der Waals surface area (Å²) < 4.78 is 16.9. The zero-order valence-electron chi connectivity index (χ0n) is 48.6. The molecule has 0 aromatic heterocycles. The Kier molecular flexibility index (Phi) is 58.8. The fraction of sp³-hybridized carbons (Fsp3) is 0.721. The number of hydrogen-bond acceptors (Lipinski definition) is 6. The number of rotatable bonds is 56. The third-order valence-electron chi connectivity index (χ3n) is 13.3. The summed E-state index contributed by atoms with van der Waals surface area (Å²) >= 11 is 0. The molecule has 0 spiro atoms. The lowest BCUT2D eigenvalue weighted by molar-refractivity contribution is -0.167. The lowest BCUT2D eigenvalue weighted by Crippen LogP contribution is -2.30. The first-order valence-corrected chi connectivity index (χ1v) is 31.2. The number of unbranched alkanes of at least 4 members (excludes halogenated alkanes) is 29. The van der Waals surface area contributed by atoms with Gasteiger partial charge in [0.1, 0.15) is 13.2 Å². The summed E-state index contributed by atoms with van der Waals surface area (Å²) in [6.45, 7) is 6.48. The standard InChI is InChI=1S/C68H116O6/c1-4-7-10-13-16-19-22-25-27-29-30-31-32-33-34-35-36-37-38-40-41-43-46-49-52-55-58-61-67(70)73-64-65(63-72-66(69)60-57-54-51-48-45-24-21-18-15-12-9-6-3)74-68(71)62-59-56-53-50-47-44-42-39-28-26-23-20-17-14-11-8-5-2/h8,11,17-18,20-22,25-26,28-30,32-33,42,44,65H,4-7,9-10,12-16,19,23-24,27,31,34-41,43,45-64H2,1-3H3/b11-8-,20-17-,21-18-,25-22-,28-26-,30-29-,33-32-,44-42-. The van der Waals surface area contributed by atoms with Crippen LogP contribution in [0.1, 0.15) is 297 Å². The highest BCUT2D eigenvalue weighted by molar-refractivity contribution is 5.71. The molecule has 0 aliphatic rings. The lowest BCUT2D eigenvalue weighted by atomic mass is 10.0. The van der Waals surface area contributed by atoms with E-state index < -0.39 is 6.10 Å². The monoisotopic (exact) mass is 1030 g/mol. The minimum absolute atomic E-state index is 0.0908. The Bertz CT molecular complexity index is 1460. The van der Waals surface area contributed by atoms with Gasteiger partial charge in [-0.3, -0.25) is 14.4 Å². The SMILES string of the molecule is CC/C=C\C/C=C\C/C=C\C/C=C\CCCCCCC(=O)OC(COC(=O)CCCCCCC/C=C\CCCCC)COC(=O)CCCCCCCCCCCCCC/C=C\C/C=C\C/C=C\CCCCCCC. The second-order valence-corrected chi connectivity index (χ2v) is 20.6. The highest BCUT2D eigenvalue weighted by Gasteiger charge is 2.19. The van der Waals surface area contributed by atoms with E-state index >= 15 is 0 Å². The first-order chi connectivity index (χ1) is 36.5. The maximum Gasteiger partial charge on any atom is 0.306 e. The molecule has 0 saturated carbocycles. The smallest absolute Gasteiger partial charge is 0.306 e. The Morgan fingerprint density at radius 1 is 0.284 bits per heavy atom. The molecule has 0 heterocycles. The summed E-state index contributed by atoms with van der Waals surface area (Å²) in [5, 5.41) is 0. The normalized spacial score (nSPS) is 12.7. The van der Waals surface area contributed by atoms with Crippen LogP contribution >= 0.6 is 0 Å². The molecule has 0 aromatic rings. The van der Waals surface area contributed by atoms with Crippen LogP contribution < -0.4 is 0 Å². The van der Waals surface area contributed by atoms with Gasteiger partial charge in [-0.15, -0.1) is 0 Å². The molecular formula is C68H116O6. The average Bonchev–Trinajstić information content (AvgIpc) is 3.40. The number of carbonyl (C=O) groups excluding carboxylic acids is 3. The average molecular weight is 1030 g/mol. The molecule has 0 fully saturated rings. The van der Waals surface area contributed by atoms with E-state index in [-0.39, 0.29) is 31.1 Å². The molecule has 424 valence electrons. The second kappa shape index (κ2) is 61.9. The molecule has 0 bridgehead atoms. The van der Waals surface area contributed by atoms with Crippen molar-refractivity contribution in [2.24, 2.45) is 0 Å². The minimum Gasteiger partial charge on any atom is -0.462 e. The Balaban J connectivity index is 4.30. The van der Waals surface area contributed by atoms with Gasteiger partial charge in [0.15, 0.2) is 6.10 Å². The van der Waals surface area contributed by atoms with Gasteiger partial charge < -0.3 is 14.2 Å². The summed E-state index contributed by atoms with van der Waals surface area (Å²) in [6, 6.07) is 0. The van der Waals surface area contributed by atoms with Crippen molar-refractivity contribution in [3.8, 4) is 0 Å². The van der Waals surface area contributed by atoms with Crippen molar-refractivity contribution in [1.29, 1.82) is 0 Å². The highest BCUT2D eigenvalue weighted by Crippen LogP contribution is 2.15. The quantitative estimate of drug-likeness (QED) is 0.0261. The minimum atomic E-state index is -0.796. The number of ether oxygens (including phenoxy) is 3. The van der Waals surface area contributed by atoms with E-state index in [1.165, 1.54) is 141 Å². The molecule has 1 atom stereocenters. The maximum atomic E-state index is 12.9. The molecule has 0 aliphatic heterocycles. The largest absolute Gasteiger partial charge is 0.462 e. The zero-order chi connectivity index (χ0) is 53.6. The molecule has 1 unspecified atom stereocenters. The van der Waals surface area contributed by atoms with Crippen molar-refractivity contribution >= 4 is 17.9 Å². The molecule has 0 aliphatic carbocycles. The van der Waals surface area contributed by atoms with Crippen LogP contribution in [0.5, 0.6) is 0 Å². The van der Waals surface area contributed by atoms with Crippen LogP contribution in [0.15, 0.2) is 97.2 Å². The molecule has 6 heteroatoms. The fourth-order valence-electron chi connectivity index (χ4n) is 8.61. The van der Waals surface area contributed by atoms with E-state index in [1.807, 2.05) is 0 Å². The highest BCUT2D eigenvalue weighted by atomic mass is 16.6. The lowest BCUT2D eigenvalue weighted by Gasteiger charge is -2.18. The van der Waals surface area contributed by atoms with Gasteiger partial charge in [-0.05, 0) is 122 Å². The molecule has 0 saturated heterocycles. The Labute approximate surface area is 457 Å². The Morgan fingerprint density at radius 2 is 0.527 bits per heavy atom. The van der Waals surface area contributed by atoms with Crippen LogP contribution in [0.2, 0.25) is 0 Å². The van der Waals surface area contributed by atoms with Gasteiger partial charge in [-0.25, -0.2) is 0 Å². The van der Waals surface area contributed by atoms with Crippen LogP contribution in [0.4, 0.5) is 0 Å². The summed E-state index contributed by atoms with van der Waals surface area (Å²) in [7, 11) is 0. The van der Waals surface area contributed by atoms with E-state index in [9.17, 15) is 14.4 Å². The van der Waals surface area contributed by atoms with Gasteiger partial charge in [-0.1, -0.05) is 253 Å². The number of hydrogen-bond donors (Lipinski definition) is 0. The van der Waals surface area contributed by atoms with Gasteiger partial charge in [0.25, 0.3) is 0 Å². The van der Waals surface area contributed by atoms with Gasteiger partial charge in [-0.2, -0.15) is 0 Å². The van der Waals surface area contributed by atoms with Gasteiger partial charge in [0.2, 0.25) is 0 Å². The zero-order valence-corrected chi connectivity index (χ0v) is 48.6. The van der Waals surface area contributed by atoms with E-state index in [0.717, 1.165) is 116 Å². The van der Waals surface area contributed by atoms with Crippen LogP contribution in [-0.2, 0) is 28.6 Å².